The van der Waals surface area contributed by atoms with Gasteiger partial charge in [0, 0.05) is 25.0 Å². The summed E-state index contributed by atoms with van der Waals surface area (Å²) in [4.78, 5) is 26.3. The second kappa shape index (κ2) is 11.7. The fraction of sp³-hybridized carbons (Fsp3) is 0.0870. The molecule has 0 saturated carbocycles. The van der Waals surface area contributed by atoms with Crippen LogP contribution >= 0.6 is 11.8 Å². The molecular formula is C23H20N3NaO3S. The Morgan fingerprint density at radius 3 is 2.45 bits per heavy atom. The number of amides is 1. The van der Waals surface area contributed by atoms with Crippen LogP contribution < -0.4 is 34.9 Å². The number of benzene rings is 2. The molecule has 1 saturated heterocycles. The topological polar surface area (TPSA) is 83.7 Å². The maximum atomic E-state index is 12.2. The van der Waals surface area contributed by atoms with E-state index in [0.29, 0.717) is 10.1 Å². The second-order valence-corrected chi connectivity index (χ2v) is 7.43. The molecule has 152 valence electrons. The summed E-state index contributed by atoms with van der Waals surface area (Å²) in [6.07, 6.45) is 5.93. The van der Waals surface area contributed by atoms with E-state index in [-0.39, 0.29) is 35.5 Å². The van der Waals surface area contributed by atoms with Gasteiger partial charge in [-0.15, -0.1) is 12.1 Å². The summed E-state index contributed by atoms with van der Waals surface area (Å²) in [5.74, 6) is -0.955. The molecule has 2 N–H and O–H groups in total. The number of carbonyl (C=O) groups is 2. The third kappa shape index (κ3) is 7.25. The van der Waals surface area contributed by atoms with Gasteiger partial charge in [0.25, 0.3) is 11.9 Å². The Kier molecular flexibility index (Phi) is 9.33. The van der Waals surface area contributed by atoms with Crippen molar-refractivity contribution in [3.05, 3.63) is 89.1 Å². The van der Waals surface area contributed by atoms with Gasteiger partial charge >= 0.3 is 29.6 Å². The number of aliphatic carboxylic acids is 1. The van der Waals surface area contributed by atoms with E-state index in [1.54, 1.807) is 12.1 Å². The number of aromatic nitrogens is 1. The molecular weight excluding hydrogens is 421 g/mol. The molecule has 0 atom stereocenters. The van der Waals surface area contributed by atoms with Gasteiger partial charge in [-0.25, -0.2) is 0 Å². The number of aryl methyl sites for hydroxylation is 1. The van der Waals surface area contributed by atoms with Crippen LogP contribution in [0, 0.1) is 13.0 Å². The maximum absolute atomic E-state index is 12.2. The van der Waals surface area contributed by atoms with Crippen molar-refractivity contribution in [1.29, 1.82) is 0 Å². The Bertz CT molecular complexity index is 1110. The molecule has 2 aromatic carbocycles. The molecule has 0 spiro atoms. The van der Waals surface area contributed by atoms with Gasteiger partial charge in [0.05, 0.1) is 4.91 Å². The number of carbonyl (C=O) groups excluding carboxylic acids is 1. The first kappa shape index (κ1) is 24.7. The van der Waals surface area contributed by atoms with Gasteiger partial charge in [-0.3, -0.25) is 14.6 Å². The molecule has 8 heteroatoms. The van der Waals surface area contributed by atoms with Crippen LogP contribution in [0.25, 0.3) is 11.8 Å². The molecule has 2 heterocycles. The summed E-state index contributed by atoms with van der Waals surface area (Å²) in [7, 11) is 0. The van der Waals surface area contributed by atoms with Crippen molar-refractivity contribution < 1.29 is 44.3 Å². The zero-order valence-corrected chi connectivity index (χ0v) is 20.3. The van der Waals surface area contributed by atoms with E-state index in [2.05, 4.69) is 40.0 Å². The zero-order valence-electron chi connectivity index (χ0n) is 17.5. The van der Waals surface area contributed by atoms with E-state index >= 15 is 0 Å². The van der Waals surface area contributed by atoms with Crippen molar-refractivity contribution >= 4 is 40.6 Å². The number of nitrogens with one attached hydrogen (secondary N) is 1. The predicted octanol–water partition coefficient (Wildman–Crippen LogP) is 1.57. The van der Waals surface area contributed by atoms with Gasteiger partial charge < -0.3 is 15.0 Å². The van der Waals surface area contributed by atoms with Crippen molar-refractivity contribution in [2.75, 3.05) is 0 Å². The van der Waals surface area contributed by atoms with Crippen molar-refractivity contribution in [3.8, 4) is 5.69 Å². The monoisotopic (exact) mass is 441 g/mol. The van der Waals surface area contributed by atoms with E-state index in [0.717, 1.165) is 29.4 Å². The zero-order chi connectivity index (χ0) is 21.5. The summed E-state index contributed by atoms with van der Waals surface area (Å²) in [5.41, 5.74) is 4.06. The number of rotatable bonds is 3. The summed E-state index contributed by atoms with van der Waals surface area (Å²) in [6, 6.07) is 20.4. The third-order valence-electron chi connectivity index (χ3n) is 3.98. The summed E-state index contributed by atoms with van der Waals surface area (Å²) in [6.45, 7) is 3.15. The Morgan fingerprint density at radius 1 is 1.19 bits per heavy atom. The minimum Gasteiger partial charge on any atom is -0.481 e. The molecule has 0 bridgehead atoms. The minimum atomic E-state index is -0.833. The largest absolute Gasteiger partial charge is 1.00 e. The van der Waals surface area contributed by atoms with Gasteiger partial charge in [0.2, 0.25) is 0 Å². The number of hydrogen-bond acceptors (Lipinski definition) is 4. The molecule has 6 nitrogen and oxygen atoms in total. The van der Waals surface area contributed by atoms with Crippen LogP contribution in [0.5, 0.6) is 0 Å². The Labute approximate surface area is 207 Å². The van der Waals surface area contributed by atoms with E-state index < -0.39 is 5.97 Å². The summed E-state index contributed by atoms with van der Waals surface area (Å²) in [5, 5.41) is 10.8. The van der Waals surface area contributed by atoms with Crippen LogP contribution in [-0.4, -0.2) is 26.7 Å². The number of nitrogens with zero attached hydrogens (tertiary/aromatic N) is 2. The SMILES string of the molecule is CC(=O)O.Cc1cc(C=C2SC(=Nc3cc[c-]cc3)NC2=O)ccc1-n1cccc1.[Na+]. The molecule has 1 fully saturated rings. The quantitative estimate of drug-likeness (QED) is 0.367. The van der Waals surface area contributed by atoms with Gasteiger partial charge in [-0.05, 0) is 65.8 Å². The van der Waals surface area contributed by atoms with E-state index in [1.807, 2.05) is 48.8 Å². The van der Waals surface area contributed by atoms with Gasteiger partial charge in [0.15, 0.2) is 5.17 Å². The van der Waals surface area contributed by atoms with Gasteiger partial charge in [-0.1, -0.05) is 6.07 Å². The molecule has 0 unspecified atom stereocenters. The van der Waals surface area contributed by atoms with E-state index in [9.17, 15) is 4.79 Å². The van der Waals surface area contributed by atoms with Crippen LogP contribution in [0.2, 0.25) is 0 Å². The van der Waals surface area contributed by atoms with E-state index in [4.69, 9.17) is 9.90 Å². The number of thioether (sulfide) groups is 1. The van der Waals surface area contributed by atoms with Crippen LogP contribution in [0.3, 0.4) is 0 Å². The second-order valence-electron chi connectivity index (χ2n) is 6.40. The molecule has 3 aromatic rings. The van der Waals surface area contributed by atoms with Crippen LogP contribution in [0.4, 0.5) is 5.69 Å². The summed E-state index contributed by atoms with van der Waals surface area (Å²) < 4.78 is 2.07. The molecule has 0 aliphatic carbocycles. The third-order valence-corrected chi connectivity index (χ3v) is 4.89. The molecule has 1 aliphatic heterocycles. The molecule has 4 rings (SSSR count). The van der Waals surface area contributed by atoms with Gasteiger partial charge in [-0.2, -0.15) is 18.2 Å². The Balaban J connectivity index is 0.000000631. The molecule has 0 radical (unpaired) electrons. The Morgan fingerprint density at radius 2 is 1.84 bits per heavy atom. The Hall–Kier alpha value is -2.58. The average molecular weight is 441 g/mol. The molecule has 1 amide bonds. The van der Waals surface area contributed by atoms with Crippen LogP contribution in [0.15, 0.2) is 76.9 Å². The standard InChI is InChI=1S/C21H16N3OS.C2H4O2.Na/c1-15-13-16(9-10-18(15)24-11-5-6-12-24)14-19-20(25)23-21(26-19)22-17-7-3-2-4-8-17;1-2(3)4;/h3-14H,1H3,(H,22,23,25);1H3,(H,3,4);/q-1;;+1. The van der Waals surface area contributed by atoms with Crippen LogP contribution in [0.1, 0.15) is 18.1 Å². The minimum absolute atomic E-state index is 0. The average Bonchev–Trinajstić information content (AvgIpc) is 3.33. The number of amidine groups is 1. The van der Waals surface area contributed by atoms with Crippen molar-refractivity contribution in [2.45, 2.75) is 13.8 Å². The van der Waals surface area contributed by atoms with Crippen molar-refractivity contribution in [3.63, 3.8) is 0 Å². The predicted molar refractivity (Wildman–Crippen MR) is 120 cm³/mol. The number of carboxylic acid groups (broad SMARTS) is 1. The fourth-order valence-corrected chi connectivity index (χ4v) is 3.60. The number of hydrogen-bond donors (Lipinski definition) is 2. The maximum Gasteiger partial charge on any atom is 1.00 e. The first-order valence-corrected chi connectivity index (χ1v) is 9.93. The first-order valence-electron chi connectivity index (χ1n) is 9.11. The van der Waals surface area contributed by atoms with Gasteiger partial charge in [0.1, 0.15) is 0 Å². The summed E-state index contributed by atoms with van der Waals surface area (Å²) >= 11 is 1.35. The molecule has 1 aliphatic rings. The van der Waals surface area contributed by atoms with Crippen molar-refractivity contribution in [2.24, 2.45) is 4.99 Å². The number of carboxylic acids is 1. The van der Waals surface area contributed by atoms with Crippen molar-refractivity contribution in [1.82, 2.24) is 9.88 Å². The first-order chi connectivity index (χ1) is 14.4. The normalized spacial score (nSPS) is 15.1. The fourth-order valence-electron chi connectivity index (χ4n) is 2.76. The van der Waals surface area contributed by atoms with Crippen LogP contribution in [-0.2, 0) is 9.59 Å². The smallest absolute Gasteiger partial charge is 0.481 e. The molecule has 31 heavy (non-hydrogen) atoms. The number of aliphatic imine (C=N–C) groups is 1. The molecule has 1 aromatic heterocycles. The van der Waals surface area contributed by atoms with E-state index in [1.165, 1.54) is 11.8 Å².